The van der Waals surface area contributed by atoms with E-state index >= 15 is 0 Å². The molecule has 1 aromatic carbocycles. The van der Waals surface area contributed by atoms with E-state index in [-0.39, 0.29) is 11.1 Å². The predicted octanol–water partition coefficient (Wildman–Crippen LogP) is 1.14. The summed E-state index contributed by atoms with van der Waals surface area (Å²) in [5.41, 5.74) is 0.729. The van der Waals surface area contributed by atoms with Crippen LogP contribution in [0.15, 0.2) is 36.6 Å². The molecule has 1 aromatic rings. The summed E-state index contributed by atoms with van der Waals surface area (Å²) in [6.07, 6.45) is 2.09. The summed E-state index contributed by atoms with van der Waals surface area (Å²) in [5, 5.41) is 14.5. The van der Waals surface area contributed by atoms with E-state index in [1.807, 2.05) is 29.2 Å². The number of hydrogen-bond acceptors (Lipinski definition) is 5. The van der Waals surface area contributed by atoms with Crippen molar-refractivity contribution in [2.75, 3.05) is 10.2 Å². The van der Waals surface area contributed by atoms with Crippen molar-refractivity contribution < 1.29 is 9.66 Å². The molecule has 1 N–H and O–H groups in total. The zero-order chi connectivity index (χ0) is 11.6. The Morgan fingerprint density at radius 3 is 3.12 bits per heavy atom. The lowest BCUT2D eigenvalue weighted by molar-refractivity contribution is -0.580. The Balaban J connectivity index is 1.83. The fraction of sp³-hybridized carbons (Fsp3) is 0.273. The number of ether oxygens (including phenoxy) is 1. The molecule has 17 heavy (non-hydrogen) atoms. The Morgan fingerprint density at radius 2 is 2.29 bits per heavy atom. The van der Waals surface area contributed by atoms with Gasteiger partial charge < -0.3 is 15.0 Å². The van der Waals surface area contributed by atoms with Crippen molar-refractivity contribution in [1.29, 1.82) is 0 Å². The average Bonchev–Trinajstić information content (AvgIpc) is 2.82. The first-order valence-electron chi connectivity index (χ1n) is 5.37. The van der Waals surface area contributed by atoms with E-state index in [0.717, 1.165) is 11.4 Å². The molecule has 3 heterocycles. The van der Waals surface area contributed by atoms with Crippen LogP contribution in [0, 0.1) is 10.1 Å². The maximum absolute atomic E-state index is 11.3. The molecule has 0 amide bonds. The minimum Gasteiger partial charge on any atom is -0.470 e. The summed E-state index contributed by atoms with van der Waals surface area (Å²) in [6.45, 7) is 0. The van der Waals surface area contributed by atoms with E-state index in [1.165, 1.54) is 12.3 Å². The van der Waals surface area contributed by atoms with Gasteiger partial charge in [0.2, 0.25) is 0 Å². The zero-order valence-electron chi connectivity index (χ0n) is 8.74. The first kappa shape index (κ1) is 8.86. The van der Waals surface area contributed by atoms with Gasteiger partial charge in [0.05, 0.1) is 17.6 Å². The molecule has 3 aliphatic rings. The van der Waals surface area contributed by atoms with Gasteiger partial charge in [-0.15, -0.1) is 0 Å². The van der Waals surface area contributed by atoms with Crippen LogP contribution in [0.5, 0.6) is 0 Å². The van der Waals surface area contributed by atoms with Gasteiger partial charge in [-0.3, -0.25) is 10.1 Å². The van der Waals surface area contributed by atoms with Gasteiger partial charge >= 0.3 is 5.54 Å². The number of benzene rings is 1. The van der Waals surface area contributed by atoms with Crippen LogP contribution < -0.4 is 10.2 Å². The van der Waals surface area contributed by atoms with Crippen LogP contribution in [0.2, 0.25) is 0 Å². The van der Waals surface area contributed by atoms with Crippen LogP contribution in [-0.2, 0) is 4.74 Å². The zero-order valence-corrected chi connectivity index (χ0v) is 8.74. The van der Waals surface area contributed by atoms with E-state index in [2.05, 4.69) is 5.32 Å². The molecule has 0 saturated carbocycles. The molecule has 0 radical (unpaired) electrons. The molecule has 0 aliphatic carbocycles. The van der Waals surface area contributed by atoms with Crippen LogP contribution in [0.4, 0.5) is 11.4 Å². The fourth-order valence-corrected chi connectivity index (χ4v) is 2.87. The van der Waals surface area contributed by atoms with Crippen molar-refractivity contribution in [3.05, 3.63) is 46.7 Å². The van der Waals surface area contributed by atoms with Crippen LogP contribution in [0.1, 0.15) is 0 Å². The number of nitrogens with one attached hydrogen (secondary N) is 1. The monoisotopic (exact) mass is 231 g/mol. The lowest BCUT2D eigenvalue weighted by Gasteiger charge is -2.48. The molecule has 6 nitrogen and oxygen atoms in total. The SMILES string of the molecule is O=[N+]([O-])[C@]12C=CO[C@H]1N1c3ccccc3N[C@H]12. The largest absolute Gasteiger partial charge is 0.470 e. The molecular formula is C11H9N3O3. The third-order valence-electron chi connectivity index (χ3n) is 3.70. The van der Waals surface area contributed by atoms with Gasteiger partial charge in [-0.05, 0) is 12.1 Å². The number of nitro groups is 1. The number of rotatable bonds is 1. The van der Waals surface area contributed by atoms with E-state index in [1.54, 1.807) is 0 Å². The number of nitrogens with zero attached hydrogens (tertiary/aromatic N) is 2. The van der Waals surface area contributed by atoms with E-state index in [0.29, 0.717) is 0 Å². The number of anilines is 2. The normalized spacial score (nSPS) is 35.2. The van der Waals surface area contributed by atoms with Crippen molar-refractivity contribution in [2.45, 2.75) is 17.9 Å². The van der Waals surface area contributed by atoms with Crippen molar-refractivity contribution in [1.82, 2.24) is 0 Å². The highest BCUT2D eigenvalue weighted by Crippen LogP contribution is 2.53. The average molecular weight is 231 g/mol. The second-order valence-electron chi connectivity index (χ2n) is 4.41. The fourth-order valence-electron chi connectivity index (χ4n) is 2.87. The summed E-state index contributed by atoms with van der Waals surface area (Å²) < 4.78 is 5.35. The number of fused-ring (bicyclic) bond motifs is 6. The quantitative estimate of drug-likeness (QED) is 0.580. The van der Waals surface area contributed by atoms with Gasteiger partial charge in [-0.2, -0.15) is 0 Å². The molecule has 0 bridgehead atoms. The van der Waals surface area contributed by atoms with Gasteiger partial charge in [-0.25, -0.2) is 0 Å². The molecular weight excluding hydrogens is 222 g/mol. The van der Waals surface area contributed by atoms with Gasteiger partial charge in [0.25, 0.3) is 6.23 Å². The van der Waals surface area contributed by atoms with Crippen LogP contribution in [0.25, 0.3) is 0 Å². The van der Waals surface area contributed by atoms with Crippen molar-refractivity contribution >= 4 is 11.4 Å². The molecule has 86 valence electrons. The van der Waals surface area contributed by atoms with Crippen molar-refractivity contribution in [3.8, 4) is 0 Å². The van der Waals surface area contributed by atoms with Gasteiger partial charge in [0.15, 0.2) is 6.17 Å². The highest BCUT2D eigenvalue weighted by atomic mass is 16.6. The summed E-state index contributed by atoms with van der Waals surface area (Å²) in [4.78, 5) is 12.9. The summed E-state index contributed by atoms with van der Waals surface area (Å²) in [6, 6.07) is 7.68. The maximum Gasteiger partial charge on any atom is 0.336 e. The van der Waals surface area contributed by atoms with Crippen molar-refractivity contribution in [3.63, 3.8) is 0 Å². The molecule has 3 atom stereocenters. The van der Waals surface area contributed by atoms with Crippen molar-refractivity contribution in [2.24, 2.45) is 0 Å². The van der Waals surface area contributed by atoms with Crippen LogP contribution in [-0.4, -0.2) is 22.9 Å². The first-order chi connectivity index (χ1) is 8.25. The minimum atomic E-state index is -1.15. The Morgan fingerprint density at radius 1 is 1.47 bits per heavy atom. The Kier molecular flexibility index (Phi) is 1.32. The van der Waals surface area contributed by atoms with Gasteiger partial charge in [0.1, 0.15) is 0 Å². The van der Waals surface area contributed by atoms with Gasteiger partial charge in [0, 0.05) is 11.0 Å². The lowest BCUT2D eigenvalue weighted by atomic mass is 9.85. The molecule has 3 aliphatic heterocycles. The summed E-state index contributed by atoms with van der Waals surface area (Å²) >= 11 is 0. The number of hydrogen-bond donors (Lipinski definition) is 1. The summed E-state index contributed by atoms with van der Waals surface area (Å²) in [5.74, 6) is 0. The lowest BCUT2D eigenvalue weighted by Crippen LogP contribution is -2.78. The summed E-state index contributed by atoms with van der Waals surface area (Å²) in [7, 11) is 0. The van der Waals surface area contributed by atoms with Gasteiger partial charge in [-0.1, -0.05) is 12.1 Å². The Hall–Kier alpha value is -2.24. The third kappa shape index (κ3) is 0.769. The molecule has 6 heteroatoms. The van der Waals surface area contributed by atoms with E-state index < -0.39 is 11.8 Å². The maximum atomic E-state index is 11.3. The van der Waals surface area contributed by atoms with Crippen LogP contribution in [0.3, 0.4) is 0 Å². The van der Waals surface area contributed by atoms with Crippen LogP contribution >= 0.6 is 0 Å². The predicted molar refractivity (Wildman–Crippen MR) is 60.1 cm³/mol. The standard InChI is InChI=1S/C11H9N3O3/c15-14(16)11-5-6-17-10(11)13-8-4-2-1-3-7(8)12-9(11)13/h1-6,9-10,12H/t9-,10-,11+/m1/s1. The molecule has 0 unspecified atom stereocenters. The molecule has 0 spiro atoms. The van der Waals surface area contributed by atoms with E-state index in [4.69, 9.17) is 4.74 Å². The highest BCUT2D eigenvalue weighted by molar-refractivity contribution is 5.80. The smallest absolute Gasteiger partial charge is 0.336 e. The molecule has 1 saturated heterocycles. The third-order valence-corrected chi connectivity index (χ3v) is 3.70. The number of para-hydroxylation sites is 2. The highest BCUT2D eigenvalue weighted by Gasteiger charge is 2.75. The Labute approximate surface area is 96.6 Å². The Bertz CT molecular complexity index is 559. The second kappa shape index (κ2) is 2.53. The minimum absolute atomic E-state index is 0.263. The van der Waals surface area contributed by atoms with E-state index in [9.17, 15) is 10.1 Å². The molecule has 0 aromatic heterocycles. The topological polar surface area (TPSA) is 67.6 Å². The molecule has 1 fully saturated rings. The molecule has 4 rings (SSSR count). The first-order valence-corrected chi connectivity index (χ1v) is 5.37. The second-order valence-corrected chi connectivity index (χ2v) is 4.41.